The molecule has 0 unspecified atom stereocenters. The molecule has 158 valence electrons. The fourth-order valence-electron chi connectivity index (χ4n) is 3.35. The number of hydrogen-bond acceptors (Lipinski definition) is 5. The van der Waals surface area contributed by atoms with E-state index in [9.17, 15) is 19.2 Å². The molecule has 0 radical (unpaired) electrons. The molecule has 9 heteroatoms. The molecule has 1 aliphatic rings. The predicted octanol–water partition coefficient (Wildman–Crippen LogP) is 0.401. The Morgan fingerprint density at radius 1 is 0.933 bits per heavy atom. The Balaban J connectivity index is 1.45. The first kappa shape index (κ1) is 21.1. The molecule has 3 N–H and O–H groups in total. The number of carbonyl (C=O) groups is 3. The third-order valence-electron chi connectivity index (χ3n) is 4.91. The number of anilines is 2. The number of para-hydroxylation sites is 1. The number of hydrogen-bond donors (Lipinski definition) is 2. The molecule has 3 rings (SSSR count). The summed E-state index contributed by atoms with van der Waals surface area (Å²) in [5, 5.41) is 2.64. The molecule has 0 saturated carbocycles. The molecule has 0 aliphatic carbocycles. The summed E-state index contributed by atoms with van der Waals surface area (Å²) in [5.74, 6) is -1.05. The van der Waals surface area contributed by atoms with Crippen LogP contribution in [-0.2, 0) is 20.9 Å². The maximum atomic E-state index is 12.4. The summed E-state index contributed by atoms with van der Waals surface area (Å²) in [5.41, 5.74) is 6.22. The van der Waals surface area contributed by atoms with Crippen molar-refractivity contribution in [2.75, 3.05) is 36.4 Å². The molecular weight excluding hydrogens is 386 g/mol. The Morgan fingerprint density at radius 2 is 1.63 bits per heavy atom. The van der Waals surface area contributed by atoms with E-state index in [2.05, 4.69) is 10.2 Å². The Bertz CT molecular complexity index is 965. The quantitative estimate of drug-likeness (QED) is 0.684. The van der Waals surface area contributed by atoms with Crippen molar-refractivity contribution in [2.24, 2.45) is 5.73 Å². The van der Waals surface area contributed by atoms with Crippen LogP contribution in [0.5, 0.6) is 0 Å². The lowest BCUT2D eigenvalue weighted by molar-refractivity contribution is -0.133. The second kappa shape index (κ2) is 9.73. The highest BCUT2D eigenvalue weighted by atomic mass is 16.2. The zero-order valence-corrected chi connectivity index (χ0v) is 16.6. The predicted molar refractivity (Wildman–Crippen MR) is 113 cm³/mol. The molecule has 3 amide bonds. The van der Waals surface area contributed by atoms with Gasteiger partial charge in [0.25, 0.3) is 5.56 Å². The summed E-state index contributed by atoms with van der Waals surface area (Å²) in [7, 11) is 0. The van der Waals surface area contributed by atoms with Crippen molar-refractivity contribution in [1.29, 1.82) is 0 Å². The molecule has 9 nitrogen and oxygen atoms in total. The summed E-state index contributed by atoms with van der Waals surface area (Å²) >= 11 is 0. The van der Waals surface area contributed by atoms with Gasteiger partial charge >= 0.3 is 0 Å². The second-order valence-electron chi connectivity index (χ2n) is 7.10. The second-order valence-corrected chi connectivity index (χ2v) is 7.10. The number of amides is 3. The number of nitrogens with zero attached hydrogens (tertiary/aromatic N) is 3. The summed E-state index contributed by atoms with van der Waals surface area (Å²) in [4.78, 5) is 51.3. The third-order valence-corrected chi connectivity index (χ3v) is 4.91. The van der Waals surface area contributed by atoms with Gasteiger partial charge in [-0.2, -0.15) is 0 Å². The van der Waals surface area contributed by atoms with E-state index in [0.717, 1.165) is 23.3 Å². The van der Waals surface area contributed by atoms with E-state index in [4.69, 9.17) is 5.73 Å². The normalized spacial score (nSPS) is 13.7. The van der Waals surface area contributed by atoms with Crippen LogP contribution < -0.4 is 21.5 Å². The van der Waals surface area contributed by atoms with Crippen LogP contribution in [0.4, 0.5) is 11.4 Å². The van der Waals surface area contributed by atoms with Gasteiger partial charge in [-0.1, -0.05) is 18.2 Å². The minimum Gasteiger partial charge on any atom is -0.368 e. The van der Waals surface area contributed by atoms with E-state index in [-0.39, 0.29) is 31.2 Å². The summed E-state index contributed by atoms with van der Waals surface area (Å²) in [6.07, 6.45) is 1.50. The van der Waals surface area contributed by atoms with Gasteiger partial charge in [-0.15, -0.1) is 0 Å². The molecule has 30 heavy (non-hydrogen) atoms. The van der Waals surface area contributed by atoms with Gasteiger partial charge in [0.2, 0.25) is 17.7 Å². The molecule has 0 spiro atoms. The van der Waals surface area contributed by atoms with Crippen molar-refractivity contribution in [3.8, 4) is 0 Å². The summed E-state index contributed by atoms with van der Waals surface area (Å²) in [6, 6.07) is 12.7. The van der Waals surface area contributed by atoms with Gasteiger partial charge < -0.3 is 25.4 Å². The van der Waals surface area contributed by atoms with E-state index in [1.54, 1.807) is 4.90 Å². The number of piperazine rings is 1. The SMILES string of the molecule is NC(=O)Cn1cc(NC(=O)CCC(=O)N2CCN(c3ccccc3)CC2)ccc1=O. The number of carbonyl (C=O) groups excluding carboxylic acids is 3. The Hall–Kier alpha value is -3.62. The van der Waals surface area contributed by atoms with Crippen molar-refractivity contribution >= 4 is 29.1 Å². The van der Waals surface area contributed by atoms with E-state index in [1.165, 1.54) is 18.3 Å². The van der Waals surface area contributed by atoms with Crippen LogP contribution in [0.25, 0.3) is 0 Å². The van der Waals surface area contributed by atoms with Crippen LogP contribution in [0.15, 0.2) is 53.5 Å². The number of rotatable bonds is 7. The number of benzene rings is 1. The van der Waals surface area contributed by atoms with Crippen LogP contribution in [0.3, 0.4) is 0 Å². The molecule has 1 aromatic carbocycles. The van der Waals surface area contributed by atoms with Gasteiger partial charge in [-0.25, -0.2) is 0 Å². The first-order valence-corrected chi connectivity index (χ1v) is 9.79. The van der Waals surface area contributed by atoms with Gasteiger partial charge in [0.05, 0.1) is 5.69 Å². The van der Waals surface area contributed by atoms with Gasteiger partial charge in [0, 0.05) is 57.0 Å². The monoisotopic (exact) mass is 411 g/mol. The van der Waals surface area contributed by atoms with Crippen LogP contribution >= 0.6 is 0 Å². The van der Waals surface area contributed by atoms with Crippen molar-refractivity contribution in [3.05, 3.63) is 59.0 Å². The van der Waals surface area contributed by atoms with Crippen molar-refractivity contribution in [3.63, 3.8) is 0 Å². The highest BCUT2D eigenvalue weighted by Crippen LogP contribution is 2.16. The van der Waals surface area contributed by atoms with Gasteiger partial charge in [0.1, 0.15) is 6.54 Å². The highest BCUT2D eigenvalue weighted by Gasteiger charge is 2.21. The lowest BCUT2D eigenvalue weighted by atomic mass is 10.2. The maximum Gasteiger partial charge on any atom is 0.251 e. The fourth-order valence-corrected chi connectivity index (χ4v) is 3.35. The molecule has 1 aliphatic heterocycles. The van der Waals surface area contributed by atoms with E-state index in [1.807, 2.05) is 30.3 Å². The molecule has 1 fully saturated rings. The molecule has 0 bridgehead atoms. The Labute approximate surface area is 174 Å². The van der Waals surface area contributed by atoms with Crippen molar-refractivity contribution < 1.29 is 14.4 Å². The maximum absolute atomic E-state index is 12.4. The molecule has 1 saturated heterocycles. The van der Waals surface area contributed by atoms with Gasteiger partial charge in [-0.3, -0.25) is 19.2 Å². The molecule has 2 aromatic rings. The molecular formula is C21H25N5O4. The average molecular weight is 411 g/mol. The highest BCUT2D eigenvalue weighted by molar-refractivity contribution is 5.93. The van der Waals surface area contributed by atoms with Crippen LogP contribution in [0.1, 0.15) is 12.8 Å². The van der Waals surface area contributed by atoms with Crippen molar-refractivity contribution in [1.82, 2.24) is 9.47 Å². The van der Waals surface area contributed by atoms with Gasteiger partial charge in [-0.05, 0) is 18.2 Å². The van der Waals surface area contributed by atoms with Gasteiger partial charge in [0.15, 0.2) is 0 Å². The van der Waals surface area contributed by atoms with E-state index >= 15 is 0 Å². The summed E-state index contributed by atoms with van der Waals surface area (Å²) < 4.78 is 1.12. The Morgan fingerprint density at radius 3 is 2.30 bits per heavy atom. The number of nitrogens with one attached hydrogen (secondary N) is 1. The smallest absolute Gasteiger partial charge is 0.251 e. The third kappa shape index (κ3) is 5.69. The zero-order chi connectivity index (χ0) is 21.5. The van der Waals surface area contributed by atoms with E-state index < -0.39 is 11.5 Å². The first-order valence-electron chi connectivity index (χ1n) is 9.79. The molecule has 2 heterocycles. The fraction of sp³-hybridized carbons (Fsp3) is 0.333. The van der Waals surface area contributed by atoms with Crippen LogP contribution in [0.2, 0.25) is 0 Å². The molecule has 0 atom stereocenters. The topological polar surface area (TPSA) is 118 Å². The lowest BCUT2D eigenvalue weighted by Crippen LogP contribution is -2.48. The van der Waals surface area contributed by atoms with Crippen LogP contribution in [-0.4, -0.2) is 53.4 Å². The number of pyridine rings is 1. The first-order chi connectivity index (χ1) is 14.4. The molecule has 1 aromatic heterocycles. The minimum absolute atomic E-state index is 0.0344. The zero-order valence-electron chi connectivity index (χ0n) is 16.6. The standard InChI is InChI=1S/C21H25N5O4/c22-18(27)15-26-14-16(6-8-21(26)30)23-19(28)7-9-20(29)25-12-10-24(11-13-25)17-4-2-1-3-5-17/h1-6,8,14H,7,9-13,15H2,(H2,22,27)(H,23,28). The lowest BCUT2D eigenvalue weighted by Gasteiger charge is -2.36. The Kier molecular flexibility index (Phi) is 6.84. The largest absolute Gasteiger partial charge is 0.368 e. The summed E-state index contributed by atoms with van der Waals surface area (Å²) in [6.45, 7) is 2.48. The number of aromatic nitrogens is 1. The van der Waals surface area contributed by atoms with E-state index in [0.29, 0.717) is 18.8 Å². The number of primary amides is 1. The van der Waals surface area contributed by atoms with Crippen LogP contribution in [0, 0.1) is 0 Å². The average Bonchev–Trinajstić information content (AvgIpc) is 2.75. The number of nitrogens with two attached hydrogens (primary N) is 1. The minimum atomic E-state index is -0.654. The van der Waals surface area contributed by atoms with Crippen molar-refractivity contribution in [2.45, 2.75) is 19.4 Å².